The molecule has 1 rings (SSSR count). The Morgan fingerprint density at radius 3 is 2.27 bits per heavy atom. The number of rotatable bonds is 2. The van der Waals surface area contributed by atoms with Crippen molar-refractivity contribution in [2.75, 3.05) is 7.05 Å². The molecule has 0 unspecified atom stereocenters. The monoisotopic (exact) mass is 156 g/mol. The number of aliphatic carboxylic acids is 1. The molecule has 0 atom stereocenters. The molecule has 1 aliphatic carbocycles. The molecule has 0 aromatic heterocycles. The Kier molecular flexibility index (Phi) is 2.88. The molecule has 1 N–H and O–H groups in total. The Morgan fingerprint density at radius 1 is 1.36 bits per heavy atom. The Labute approximate surface area is 66.8 Å². The molecule has 0 aromatic carbocycles. The maximum atomic E-state index is 10.5. The number of carbonyl (C=O) groups is 1. The van der Waals surface area contributed by atoms with Crippen molar-refractivity contribution in [3.05, 3.63) is 0 Å². The minimum Gasteiger partial charge on any atom is -0.481 e. The highest BCUT2D eigenvalue weighted by Gasteiger charge is 2.25. The minimum atomic E-state index is -0.639. The van der Waals surface area contributed by atoms with Gasteiger partial charge in [0.1, 0.15) is 0 Å². The van der Waals surface area contributed by atoms with Gasteiger partial charge in [0.25, 0.3) is 0 Å². The van der Waals surface area contributed by atoms with Crippen molar-refractivity contribution in [1.29, 1.82) is 0 Å². The predicted octanol–water partition coefficient (Wildman–Crippen LogP) is 0.864. The van der Waals surface area contributed by atoms with Gasteiger partial charge in [-0.2, -0.15) is 0 Å². The van der Waals surface area contributed by atoms with Crippen LogP contribution in [-0.2, 0) is 4.79 Å². The van der Waals surface area contributed by atoms with Gasteiger partial charge in [0.2, 0.25) is 0 Å². The lowest BCUT2D eigenvalue weighted by Gasteiger charge is -2.24. The third-order valence-corrected chi connectivity index (χ3v) is 2.41. The molecule has 63 valence electrons. The van der Waals surface area contributed by atoms with Crippen molar-refractivity contribution in [2.45, 2.75) is 31.7 Å². The highest BCUT2D eigenvalue weighted by Crippen LogP contribution is 2.24. The largest absolute Gasteiger partial charge is 0.481 e. The highest BCUT2D eigenvalue weighted by atomic mass is 16.4. The molecule has 1 saturated carbocycles. The van der Waals surface area contributed by atoms with Crippen LogP contribution >= 0.6 is 0 Å². The topological polar surface area (TPSA) is 51.4 Å². The van der Waals surface area contributed by atoms with Crippen molar-refractivity contribution in [3.8, 4) is 0 Å². The Balaban J connectivity index is 2.30. The fourth-order valence-corrected chi connectivity index (χ4v) is 1.58. The summed E-state index contributed by atoms with van der Waals surface area (Å²) in [6.07, 6.45) is 3.51. The maximum absolute atomic E-state index is 10.5. The normalized spacial score (nSPS) is 31.7. The molecule has 0 aromatic rings. The smallest absolute Gasteiger partial charge is 0.306 e. The fraction of sp³-hybridized carbons (Fsp3) is 0.875. The van der Waals surface area contributed by atoms with E-state index in [0.29, 0.717) is 6.04 Å². The van der Waals surface area contributed by atoms with Gasteiger partial charge in [-0.3, -0.25) is 4.79 Å². The summed E-state index contributed by atoms with van der Waals surface area (Å²) in [7, 11) is 1.81. The van der Waals surface area contributed by atoms with Crippen LogP contribution in [0.15, 0.2) is 0 Å². The summed E-state index contributed by atoms with van der Waals surface area (Å²) >= 11 is 0. The number of carboxylic acids is 1. The zero-order valence-electron chi connectivity index (χ0n) is 6.79. The molecule has 1 aliphatic rings. The van der Waals surface area contributed by atoms with E-state index in [-0.39, 0.29) is 5.92 Å². The first kappa shape index (κ1) is 8.53. The number of carboxylic acid groups (broad SMARTS) is 1. The minimum absolute atomic E-state index is 0.104. The standard InChI is InChI=1S/C8H14NO2/c1-9-7-4-2-6(3-5-7)8(10)11/h6-7H,2-5H2,1H3,(H,10,11). The quantitative estimate of drug-likeness (QED) is 0.644. The molecule has 0 aliphatic heterocycles. The van der Waals surface area contributed by atoms with Crippen LogP contribution < -0.4 is 5.32 Å². The first-order chi connectivity index (χ1) is 5.24. The van der Waals surface area contributed by atoms with Crippen LogP contribution in [0.3, 0.4) is 0 Å². The van der Waals surface area contributed by atoms with Crippen LogP contribution in [0.2, 0.25) is 0 Å². The third kappa shape index (κ3) is 2.19. The molecule has 11 heavy (non-hydrogen) atoms. The van der Waals surface area contributed by atoms with E-state index in [9.17, 15) is 4.79 Å². The SMILES string of the molecule is C[N]C1CCC(C(=O)O)CC1. The van der Waals surface area contributed by atoms with E-state index < -0.39 is 5.97 Å². The van der Waals surface area contributed by atoms with Crippen molar-refractivity contribution in [2.24, 2.45) is 5.92 Å². The number of hydrogen-bond donors (Lipinski definition) is 1. The lowest BCUT2D eigenvalue weighted by molar-refractivity contribution is -0.142. The summed E-state index contributed by atoms with van der Waals surface area (Å²) in [6.45, 7) is 0. The third-order valence-electron chi connectivity index (χ3n) is 2.41. The number of nitrogens with zero attached hydrogens (tertiary/aromatic N) is 1. The molecule has 0 bridgehead atoms. The van der Waals surface area contributed by atoms with E-state index in [1.165, 1.54) is 0 Å². The van der Waals surface area contributed by atoms with E-state index in [4.69, 9.17) is 5.11 Å². The van der Waals surface area contributed by atoms with Crippen LogP contribution in [0, 0.1) is 5.92 Å². The van der Waals surface area contributed by atoms with Crippen LogP contribution in [0.25, 0.3) is 0 Å². The molecule has 0 spiro atoms. The second-order valence-electron chi connectivity index (χ2n) is 3.10. The predicted molar refractivity (Wildman–Crippen MR) is 41.4 cm³/mol. The lowest BCUT2D eigenvalue weighted by Crippen LogP contribution is -2.28. The summed E-state index contributed by atoms with van der Waals surface area (Å²) in [4.78, 5) is 10.5. The van der Waals surface area contributed by atoms with E-state index in [1.54, 1.807) is 0 Å². The average Bonchev–Trinajstić information content (AvgIpc) is 2.05. The first-order valence-corrected chi connectivity index (χ1v) is 4.05. The van der Waals surface area contributed by atoms with E-state index >= 15 is 0 Å². The average molecular weight is 156 g/mol. The summed E-state index contributed by atoms with van der Waals surface area (Å²) in [5, 5.41) is 12.8. The molecular weight excluding hydrogens is 142 g/mol. The van der Waals surface area contributed by atoms with Gasteiger partial charge in [0.05, 0.1) is 5.92 Å². The number of hydrogen-bond acceptors (Lipinski definition) is 1. The summed E-state index contributed by atoms with van der Waals surface area (Å²) in [6, 6.07) is 0.422. The Bertz CT molecular complexity index is 139. The van der Waals surface area contributed by atoms with Crippen molar-refractivity contribution >= 4 is 5.97 Å². The summed E-state index contributed by atoms with van der Waals surface area (Å²) in [5.41, 5.74) is 0. The van der Waals surface area contributed by atoms with Gasteiger partial charge in [0, 0.05) is 13.1 Å². The fourth-order valence-electron chi connectivity index (χ4n) is 1.58. The molecule has 3 heteroatoms. The molecule has 1 fully saturated rings. The van der Waals surface area contributed by atoms with E-state index in [0.717, 1.165) is 25.7 Å². The van der Waals surface area contributed by atoms with Gasteiger partial charge in [-0.25, -0.2) is 5.32 Å². The molecular formula is C8H14NO2. The summed E-state index contributed by atoms with van der Waals surface area (Å²) in [5.74, 6) is -0.743. The summed E-state index contributed by atoms with van der Waals surface area (Å²) < 4.78 is 0. The van der Waals surface area contributed by atoms with Gasteiger partial charge in [-0.1, -0.05) is 0 Å². The maximum Gasteiger partial charge on any atom is 0.306 e. The van der Waals surface area contributed by atoms with E-state index in [1.807, 2.05) is 7.05 Å². The van der Waals surface area contributed by atoms with Gasteiger partial charge < -0.3 is 5.11 Å². The molecule has 0 heterocycles. The second kappa shape index (κ2) is 3.72. The van der Waals surface area contributed by atoms with Crippen LogP contribution in [0.1, 0.15) is 25.7 Å². The zero-order chi connectivity index (χ0) is 8.27. The second-order valence-corrected chi connectivity index (χ2v) is 3.10. The van der Waals surface area contributed by atoms with Crippen molar-refractivity contribution in [3.63, 3.8) is 0 Å². The molecule has 0 saturated heterocycles. The highest BCUT2D eigenvalue weighted by molar-refractivity contribution is 5.70. The van der Waals surface area contributed by atoms with Crippen molar-refractivity contribution in [1.82, 2.24) is 5.32 Å². The van der Waals surface area contributed by atoms with Crippen molar-refractivity contribution < 1.29 is 9.90 Å². The van der Waals surface area contributed by atoms with Crippen LogP contribution in [0.4, 0.5) is 0 Å². The molecule has 1 radical (unpaired) electrons. The Morgan fingerprint density at radius 2 is 1.91 bits per heavy atom. The Hall–Kier alpha value is -0.570. The van der Waals surface area contributed by atoms with Gasteiger partial charge >= 0.3 is 5.97 Å². The first-order valence-electron chi connectivity index (χ1n) is 4.05. The van der Waals surface area contributed by atoms with E-state index in [2.05, 4.69) is 5.32 Å². The van der Waals surface area contributed by atoms with Crippen LogP contribution in [0.5, 0.6) is 0 Å². The molecule has 3 nitrogen and oxygen atoms in total. The van der Waals surface area contributed by atoms with Gasteiger partial charge in [-0.05, 0) is 25.7 Å². The zero-order valence-corrected chi connectivity index (χ0v) is 6.79. The van der Waals surface area contributed by atoms with Gasteiger partial charge in [-0.15, -0.1) is 0 Å². The lowest BCUT2D eigenvalue weighted by atomic mass is 9.86. The van der Waals surface area contributed by atoms with Gasteiger partial charge in [0.15, 0.2) is 0 Å². The molecule has 0 amide bonds. The van der Waals surface area contributed by atoms with Crippen LogP contribution in [-0.4, -0.2) is 24.2 Å².